The Morgan fingerprint density at radius 3 is 2.31 bits per heavy atom. The Labute approximate surface area is 222 Å². The molecule has 0 aliphatic carbocycles. The molecule has 202 valence electrons. The zero-order chi connectivity index (χ0) is 27.7. The van der Waals surface area contributed by atoms with Crippen LogP contribution < -0.4 is 5.32 Å². The number of phenolic OH excluding ortho intramolecular Hbond substituents is 1. The van der Waals surface area contributed by atoms with E-state index in [4.69, 9.17) is 0 Å². The van der Waals surface area contributed by atoms with Crippen molar-refractivity contribution < 1.29 is 27.9 Å². The number of aromatic hydroxyl groups is 1. The average molecular weight is 537 g/mol. The van der Waals surface area contributed by atoms with Gasteiger partial charge in [0.05, 0.1) is 5.92 Å². The minimum Gasteiger partial charge on any atom is -0.508 e. The first-order valence-corrected chi connectivity index (χ1v) is 12.6. The summed E-state index contributed by atoms with van der Waals surface area (Å²) in [6, 6.07) is 17.8. The van der Waals surface area contributed by atoms with Gasteiger partial charge in [0.15, 0.2) is 0 Å². The lowest BCUT2D eigenvalue weighted by atomic mass is 9.89. The number of nitrogens with zero attached hydrogens (tertiary/aromatic N) is 3. The van der Waals surface area contributed by atoms with Gasteiger partial charge in [-0.1, -0.05) is 30.3 Å². The highest BCUT2D eigenvalue weighted by Crippen LogP contribution is 2.32. The van der Waals surface area contributed by atoms with Crippen LogP contribution in [0.5, 0.6) is 5.75 Å². The van der Waals surface area contributed by atoms with Gasteiger partial charge >= 0.3 is 6.18 Å². The van der Waals surface area contributed by atoms with Gasteiger partial charge in [0.25, 0.3) is 5.91 Å². The predicted molar refractivity (Wildman–Crippen MR) is 140 cm³/mol. The SMILES string of the molecule is CC(C(=O)Nc1ccc(C2CCN(C(=O)c3cn4c(C(F)(F)F)cccc4n3)CC2)cc1)c1ccc(O)cc1. The number of rotatable bonds is 5. The van der Waals surface area contributed by atoms with Crippen molar-refractivity contribution in [3.8, 4) is 5.75 Å². The number of imidazole rings is 1. The van der Waals surface area contributed by atoms with Crippen molar-refractivity contribution in [2.45, 2.75) is 37.8 Å². The first-order chi connectivity index (χ1) is 18.6. The molecule has 2 aromatic heterocycles. The van der Waals surface area contributed by atoms with E-state index in [0.29, 0.717) is 31.6 Å². The summed E-state index contributed by atoms with van der Waals surface area (Å²) >= 11 is 0. The van der Waals surface area contributed by atoms with Crippen LogP contribution in [0.25, 0.3) is 5.65 Å². The number of carbonyl (C=O) groups excluding carboxylic acids is 2. The second-order valence-electron chi connectivity index (χ2n) is 9.75. The fourth-order valence-corrected chi connectivity index (χ4v) is 4.93. The summed E-state index contributed by atoms with van der Waals surface area (Å²) in [5.74, 6) is -0.569. The number of amides is 2. The smallest absolute Gasteiger partial charge is 0.431 e. The molecule has 1 aliphatic rings. The fourth-order valence-electron chi connectivity index (χ4n) is 4.93. The van der Waals surface area contributed by atoms with E-state index >= 15 is 0 Å². The topological polar surface area (TPSA) is 86.9 Å². The van der Waals surface area contributed by atoms with Gasteiger partial charge in [-0.3, -0.25) is 14.0 Å². The molecule has 2 N–H and O–H groups in total. The van der Waals surface area contributed by atoms with Gasteiger partial charge in [-0.05, 0) is 73.2 Å². The summed E-state index contributed by atoms with van der Waals surface area (Å²) in [5, 5.41) is 12.4. The molecule has 0 bridgehead atoms. The summed E-state index contributed by atoms with van der Waals surface area (Å²) in [7, 11) is 0. The van der Waals surface area contributed by atoms with Crippen molar-refractivity contribution in [2.24, 2.45) is 0 Å². The van der Waals surface area contributed by atoms with Crippen molar-refractivity contribution in [1.82, 2.24) is 14.3 Å². The number of benzene rings is 2. The predicted octanol–water partition coefficient (Wildman–Crippen LogP) is 5.82. The summed E-state index contributed by atoms with van der Waals surface area (Å²) in [6.45, 7) is 2.73. The van der Waals surface area contributed by atoms with Crippen LogP contribution in [0.4, 0.5) is 18.9 Å². The molecule has 2 amide bonds. The molecule has 1 unspecified atom stereocenters. The maximum Gasteiger partial charge on any atom is 0.431 e. The van der Waals surface area contributed by atoms with Crippen LogP contribution >= 0.6 is 0 Å². The van der Waals surface area contributed by atoms with Crippen LogP contribution in [-0.4, -0.2) is 44.3 Å². The maximum absolute atomic E-state index is 13.3. The number of hydrogen-bond acceptors (Lipinski definition) is 4. The Morgan fingerprint density at radius 2 is 1.67 bits per heavy atom. The quantitative estimate of drug-likeness (QED) is 0.337. The normalized spacial score (nSPS) is 15.3. The van der Waals surface area contributed by atoms with Gasteiger partial charge in [0.2, 0.25) is 5.91 Å². The van der Waals surface area contributed by atoms with E-state index in [2.05, 4.69) is 10.3 Å². The number of alkyl halides is 3. The van der Waals surface area contributed by atoms with Crippen LogP contribution in [0.2, 0.25) is 0 Å². The zero-order valence-electron chi connectivity index (χ0n) is 21.2. The van der Waals surface area contributed by atoms with Gasteiger partial charge in [0, 0.05) is 25.0 Å². The third-order valence-corrected chi connectivity index (χ3v) is 7.22. The second-order valence-corrected chi connectivity index (χ2v) is 9.75. The van der Waals surface area contributed by atoms with E-state index in [1.54, 1.807) is 36.1 Å². The molecule has 5 rings (SSSR count). The molecule has 3 heterocycles. The molecule has 39 heavy (non-hydrogen) atoms. The molecule has 1 fully saturated rings. The van der Waals surface area contributed by atoms with Crippen LogP contribution in [0.15, 0.2) is 72.9 Å². The highest BCUT2D eigenvalue weighted by Gasteiger charge is 2.34. The largest absolute Gasteiger partial charge is 0.508 e. The summed E-state index contributed by atoms with van der Waals surface area (Å²) in [4.78, 5) is 31.4. The first-order valence-electron chi connectivity index (χ1n) is 12.6. The molecule has 2 aromatic carbocycles. The summed E-state index contributed by atoms with van der Waals surface area (Å²) in [6.07, 6.45) is -1.99. The second kappa shape index (κ2) is 10.4. The Hall–Kier alpha value is -4.34. The number of halogens is 3. The van der Waals surface area contributed by atoms with Gasteiger partial charge in [0.1, 0.15) is 22.8 Å². The number of pyridine rings is 1. The lowest BCUT2D eigenvalue weighted by Gasteiger charge is -2.32. The van der Waals surface area contributed by atoms with Crippen molar-refractivity contribution in [2.75, 3.05) is 18.4 Å². The molecular formula is C29H27F3N4O3. The molecule has 0 saturated carbocycles. The van der Waals surface area contributed by atoms with E-state index < -0.39 is 11.9 Å². The molecule has 4 aromatic rings. The summed E-state index contributed by atoms with van der Waals surface area (Å²) < 4.78 is 40.9. The first kappa shape index (κ1) is 26.3. The molecular weight excluding hydrogens is 509 g/mol. The van der Waals surface area contributed by atoms with Crippen LogP contribution in [0.3, 0.4) is 0 Å². The molecule has 7 nitrogen and oxygen atoms in total. The molecule has 1 aliphatic heterocycles. The Morgan fingerprint density at radius 1 is 1.00 bits per heavy atom. The van der Waals surface area contributed by atoms with Gasteiger partial charge in [-0.15, -0.1) is 0 Å². The lowest BCUT2D eigenvalue weighted by Crippen LogP contribution is -2.38. The number of piperidine rings is 1. The molecule has 1 saturated heterocycles. The van der Waals surface area contributed by atoms with E-state index in [-0.39, 0.29) is 40.7 Å². The number of phenols is 1. The molecule has 0 spiro atoms. The number of nitrogens with one attached hydrogen (secondary N) is 1. The summed E-state index contributed by atoms with van der Waals surface area (Å²) in [5.41, 5.74) is 1.76. The van der Waals surface area contributed by atoms with Crippen molar-refractivity contribution in [3.05, 3.63) is 95.4 Å². The number of anilines is 1. The van der Waals surface area contributed by atoms with Crippen molar-refractivity contribution in [3.63, 3.8) is 0 Å². The Bertz CT molecular complexity index is 1490. The minimum absolute atomic E-state index is 0.00761. The minimum atomic E-state index is -4.55. The van der Waals surface area contributed by atoms with E-state index in [1.165, 1.54) is 12.1 Å². The zero-order valence-corrected chi connectivity index (χ0v) is 21.2. The van der Waals surface area contributed by atoms with Crippen molar-refractivity contribution in [1.29, 1.82) is 0 Å². The standard InChI is InChI=1S/C29H27F3N4O3/c1-18(19-7-11-23(37)12-8-19)27(38)33-22-9-5-20(6-10-22)21-13-15-35(16-14-21)28(39)24-17-36-25(29(30,31)32)3-2-4-26(36)34-24/h2-12,17-18,21,37H,13-16H2,1H3,(H,33,38). The highest BCUT2D eigenvalue weighted by molar-refractivity contribution is 5.95. The van der Waals surface area contributed by atoms with Gasteiger partial charge < -0.3 is 15.3 Å². The van der Waals surface area contributed by atoms with Crippen LogP contribution in [0.1, 0.15) is 58.9 Å². The van der Waals surface area contributed by atoms with Gasteiger partial charge in [-0.25, -0.2) is 4.98 Å². The number of fused-ring (bicyclic) bond motifs is 1. The number of carbonyl (C=O) groups is 2. The maximum atomic E-state index is 13.3. The van der Waals surface area contributed by atoms with Crippen LogP contribution in [-0.2, 0) is 11.0 Å². The molecule has 0 radical (unpaired) electrons. The lowest BCUT2D eigenvalue weighted by molar-refractivity contribution is -0.142. The van der Waals surface area contributed by atoms with Crippen molar-refractivity contribution >= 4 is 23.1 Å². The fraction of sp³-hybridized carbons (Fsp3) is 0.276. The third kappa shape index (κ3) is 5.59. The molecule has 10 heteroatoms. The molecule has 1 atom stereocenters. The van der Waals surface area contributed by atoms with E-state index in [0.717, 1.165) is 27.8 Å². The number of aromatic nitrogens is 2. The van der Waals surface area contributed by atoms with Gasteiger partial charge in [-0.2, -0.15) is 13.2 Å². The Balaban J connectivity index is 1.18. The van der Waals surface area contributed by atoms with E-state index in [1.807, 2.05) is 24.3 Å². The van der Waals surface area contributed by atoms with Crippen LogP contribution in [0, 0.1) is 0 Å². The highest BCUT2D eigenvalue weighted by atomic mass is 19.4. The Kier molecular flexibility index (Phi) is 7.03. The number of hydrogen-bond donors (Lipinski definition) is 2. The van der Waals surface area contributed by atoms with E-state index in [9.17, 15) is 27.9 Å². The number of likely N-dealkylation sites (tertiary alicyclic amines) is 1. The monoisotopic (exact) mass is 536 g/mol. The third-order valence-electron chi connectivity index (χ3n) is 7.22. The average Bonchev–Trinajstić information content (AvgIpc) is 3.37.